The van der Waals surface area contributed by atoms with E-state index in [0.717, 1.165) is 34.3 Å². The van der Waals surface area contributed by atoms with Crippen LogP contribution in [0.4, 0.5) is 4.79 Å². The maximum Gasteiger partial charge on any atom is 0.410 e. The third-order valence-electron chi connectivity index (χ3n) is 4.49. The molecule has 4 rings (SSSR count). The summed E-state index contributed by atoms with van der Waals surface area (Å²) in [6, 6.07) is 15.6. The normalized spacial score (nSPS) is 16.1. The Bertz CT molecular complexity index is 895. The van der Waals surface area contributed by atoms with E-state index in [4.69, 9.17) is 9.72 Å². The highest BCUT2D eigenvalue weighted by Crippen LogP contribution is 2.32. The summed E-state index contributed by atoms with van der Waals surface area (Å²) in [6.45, 7) is 4.99. The molecule has 3 heterocycles. The molecule has 0 saturated carbocycles. The fourth-order valence-corrected chi connectivity index (χ4v) is 3.69. The highest BCUT2D eigenvalue weighted by atomic mass is 79.9. The summed E-state index contributed by atoms with van der Waals surface area (Å²) in [5, 5.41) is 0. The van der Waals surface area contributed by atoms with Gasteiger partial charge >= 0.3 is 6.09 Å². The van der Waals surface area contributed by atoms with Crippen molar-refractivity contribution in [3.8, 4) is 0 Å². The molecule has 2 aromatic heterocycles. The molecule has 0 aliphatic carbocycles. The standard InChI is InChI=1S/C19H18BrN3O2.C2H6/c20-17-9-4-10-18-21-15(12-23(17)18)16-8-5-11-22(16)19(24)25-13-14-6-2-1-3-7-14;1-2/h1-4,6-7,9-10,12,16H,5,8,11,13H2;1-2H3/t16-;/m0./s1. The van der Waals surface area contributed by atoms with Crippen LogP contribution in [0.1, 0.15) is 44.0 Å². The first kappa shape index (κ1) is 19.4. The number of amides is 1. The van der Waals surface area contributed by atoms with Crippen molar-refractivity contribution >= 4 is 27.7 Å². The number of ether oxygens (including phenoxy) is 1. The van der Waals surface area contributed by atoms with Crippen LogP contribution in [0.5, 0.6) is 0 Å². The molecular weight excluding hydrogens is 406 g/mol. The number of carbonyl (C=O) groups is 1. The van der Waals surface area contributed by atoms with Gasteiger partial charge in [0.25, 0.3) is 0 Å². The Balaban J connectivity index is 0.00000102. The van der Waals surface area contributed by atoms with E-state index in [1.165, 1.54) is 0 Å². The van der Waals surface area contributed by atoms with E-state index in [9.17, 15) is 4.79 Å². The predicted octanol–water partition coefficient (Wildman–Crippen LogP) is 5.60. The molecule has 142 valence electrons. The average Bonchev–Trinajstić information content (AvgIpc) is 3.36. The van der Waals surface area contributed by atoms with Crippen molar-refractivity contribution in [2.75, 3.05) is 6.54 Å². The Morgan fingerprint density at radius 1 is 1.19 bits per heavy atom. The number of pyridine rings is 1. The van der Waals surface area contributed by atoms with Gasteiger partial charge in [-0.1, -0.05) is 50.2 Å². The van der Waals surface area contributed by atoms with Gasteiger partial charge in [-0.25, -0.2) is 9.78 Å². The van der Waals surface area contributed by atoms with Crippen LogP contribution in [0.2, 0.25) is 0 Å². The number of hydrogen-bond acceptors (Lipinski definition) is 3. The van der Waals surface area contributed by atoms with Gasteiger partial charge in [0.2, 0.25) is 0 Å². The van der Waals surface area contributed by atoms with Gasteiger partial charge in [-0.2, -0.15) is 0 Å². The minimum atomic E-state index is -0.275. The molecule has 27 heavy (non-hydrogen) atoms. The van der Waals surface area contributed by atoms with Gasteiger partial charge in [-0.3, -0.25) is 9.30 Å². The topological polar surface area (TPSA) is 46.8 Å². The summed E-state index contributed by atoms with van der Waals surface area (Å²) in [6.07, 6.45) is 3.58. The molecular formula is C21H24BrN3O2. The summed E-state index contributed by atoms with van der Waals surface area (Å²) in [5.74, 6) is 0. The molecule has 1 saturated heterocycles. The lowest BCUT2D eigenvalue weighted by atomic mass is 10.2. The summed E-state index contributed by atoms with van der Waals surface area (Å²) >= 11 is 3.53. The van der Waals surface area contributed by atoms with Crippen LogP contribution in [0.3, 0.4) is 0 Å². The maximum atomic E-state index is 12.5. The lowest BCUT2D eigenvalue weighted by Gasteiger charge is -2.22. The fraction of sp³-hybridized carbons (Fsp3) is 0.333. The minimum absolute atomic E-state index is 0.0323. The van der Waals surface area contributed by atoms with Gasteiger partial charge in [-0.05, 0) is 46.5 Å². The average molecular weight is 430 g/mol. The van der Waals surface area contributed by atoms with Crippen LogP contribution >= 0.6 is 15.9 Å². The SMILES string of the molecule is CC.O=C(OCc1ccccc1)N1CCC[C@H]1c1cn2c(Br)cccc2n1. The first-order valence-corrected chi connectivity index (χ1v) is 10.1. The first-order chi connectivity index (χ1) is 13.2. The van der Waals surface area contributed by atoms with Crippen LogP contribution < -0.4 is 0 Å². The quantitative estimate of drug-likeness (QED) is 0.509. The zero-order chi connectivity index (χ0) is 19.2. The predicted molar refractivity (Wildman–Crippen MR) is 110 cm³/mol. The van der Waals surface area contributed by atoms with Crippen LogP contribution in [-0.2, 0) is 11.3 Å². The van der Waals surface area contributed by atoms with Gasteiger partial charge < -0.3 is 4.74 Å². The number of rotatable bonds is 3. The minimum Gasteiger partial charge on any atom is -0.445 e. The van der Waals surface area contributed by atoms with Crippen LogP contribution in [0.25, 0.3) is 5.65 Å². The van der Waals surface area contributed by atoms with E-state index in [0.29, 0.717) is 13.2 Å². The lowest BCUT2D eigenvalue weighted by Crippen LogP contribution is -2.31. The third-order valence-corrected chi connectivity index (χ3v) is 5.14. The van der Waals surface area contributed by atoms with Crippen molar-refractivity contribution in [2.45, 2.75) is 39.3 Å². The number of nitrogens with zero attached hydrogens (tertiary/aromatic N) is 3. The Morgan fingerprint density at radius 2 is 1.96 bits per heavy atom. The van der Waals surface area contributed by atoms with Crippen molar-refractivity contribution in [1.82, 2.24) is 14.3 Å². The molecule has 0 unspecified atom stereocenters. The van der Waals surface area contributed by atoms with Gasteiger partial charge in [0.15, 0.2) is 0 Å². The van der Waals surface area contributed by atoms with Crippen molar-refractivity contribution < 1.29 is 9.53 Å². The second-order valence-corrected chi connectivity index (χ2v) is 6.95. The van der Waals surface area contributed by atoms with Crippen molar-refractivity contribution in [3.63, 3.8) is 0 Å². The molecule has 0 N–H and O–H groups in total. The molecule has 0 spiro atoms. The Labute approximate surface area is 168 Å². The van der Waals surface area contributed by atoms with E-state index in [2.05, 4.69) is 15.9 Å². The lowest BCUT2D eigenvalue weighted by molar-refractivity contribution is 0.0915. The molecule has 1 atom stereocenters. The monoisotopic (exact) mass is 429 g/mol. The molecule has 1 aromatic carbocycles. The molecule has 1 aliphatic heterocycles. The number of imidazole rings is 1. The number of halogens is 1. The molecule has 6 heteroatoms. The number of carbonyl (C=O) groups excluding carboxylic acids is 1. The highest BCUT2D eigenvalue weighted by molar-refractivity contribution is 9.10. The molecule has 1 fully saturated rings. The largest absolute Gasteiger partial charge is 0.445 e. The van der Waals surface area contributed by atoms with Crippen molar-refractivity contribution in [2.24, 2.45) is 0 Å². The smallest absolute Gasteiger partial charge is 0.410 e. The van der Waals surface area contributed by atoms with E-state index in [1.807, 2.05) is 73.0 Å². The van der Waals surface area contributed by atoms with Crippen molar-refractivity contribution in [3.05, 3.63) is 70.6 Å². The summed E-state index contributed by atoms with van der Waals surface area (Å²) < 4.78 is 8.44. The summed E-state index contributed by atoms with van der Waals surface area (Å²) in [7, 11) is 0. The molecule has 5 nitrogen and oxygen atoms in total. The number of benzene rings is 1. The summed E-state index contributed by atoms with van der Waals surface area (Å²) in [5.41, 5.74) is 2.76. The molecule has 1 amide bonds. The zero-order valence-electron chi connectivity index (χ0n) is 15.6. The number of likely N-dealkylation sites (tertiary alicyclic amines) is 1. The maximum absolute atomic E-state index is 12.5. The molecule has 0 bridgehead atoms. The van der Waals surface area contributed by atoms with E-state index < -0.39 is 0 Å². The number of fused-ring (bicyclic) bond motifs is 1. The first-order valence-electron chi connectivity index (χ1n) is 9.33. The van der Waals surface area contributed by atoms with Crippen LogP contribution in [0, 0.1) is 0 Å². The van der Waals surface area contributed by atoms with Gasteiger partial charge in [0.05, 0.1) is 16.3 Å². The second kappa shape index (κ2) is 9.04. The van der Waals surface area contributed by atoms with E-state index >= 15 is 0 Å². The number of aromatic nitrogens is 2. The van der Waals surface area contributed by atoms with Gasteiger partial charge in [-0.15, -0.1) is 0 Å². The van der Waals surface area contributed by atoms with Gasteiger partial charge in [0.1, 0.15) is 12.3 Å². The Hall–Kier alpha value is -2.34. The summed E-state index contributed by atoms with van der Waals surface area (Å²) in [4.78, 5) is 19.0. The molecule has 0 radical (unpaired) electrons. The molecule has 1 aliphatic rings. The van der Waals surface area contributed by atoms with Crippen LogP contribution in [-0.4, -0.2) is 26.9 Å². The van der Waals surface area contributed by atoms with E-state index in [-0.39, 0.29) is 12.1 Å². The molecule has 3 aromatic rings. The van der Waals surface area contributed by atoms with Gasteiger partial charge in [0, 0.05) is 12.7 Å². The Kier molecular flexibility index (Phi) is 6.50. The second-order valence-electron chi connectivity index (χ2n) is 6.13. The zero-order valence-corrected chi connectivity index (χ0v) is 17.2. The van der Waals surface area contributed by atoms with Crippen LogP contribution in [0.15, 0.2) is 59.3 Å². The van der Waals surface area contributed by atoms with Crippen molar-refractivity contribution in [1.29, 1.82) is 0 Å². The fourth-order valence-electron chi connectivity index (χ4n) is 3.25. The Morgan fingerprint density at radius 3 is 2.70 bits per heavy atom. The highest BCUT2D eigenvalue weighted by Gasteiger charge is 2.32. The van der Waals surface area contributed by atoms with E-state index in [1.54, 1.807) is 4.90 Å². The third kappa shape index (κ3) is 4.33. The number of hydrogen-bond donors (Lipinski definition) is 0.